The van der Waals surface area contributed by atoms with Crippen molar-refractivity contribution >= 4 is 11.8 Å². The second-order valence-electron chi connectivity index (χ2n) is 7.69. The van der Waals surface area contributed by atoms with Crippen LogP contribution in [0.25, 0.3) is 0 Å². The molecule has 6 heteroatoms. The fourth-order valence-corrected chi connectivity index (χ4v) is 3.09. The normalized spacial score (nSPS) is 24.7. The predicted molar refractivity (Wildman–Crippen MR) is 93.3 cm³/mol. The summed E-state index contributed by atoms with van der Waals surface area (Å²) in [6, 6.07) is 1.99. The van der Waals surface area contributed by atoms with Gasteiger partial charge in [0.05, 0.1) is 23.6 Å². The van der Waals surface area contributed by atoms with Crippen molar-refractivity contribution < 1.29 is 14.3 Å². The second kappa shape index (κ2) is 6.97. The Morgan fingerprint density at radius 1 is 1.38 bits per heavy atom. The Hall–Kier alpha value is -1.82. The topological polar surface area (TPSA) is 100 Å². The average Bonchev–Trinajstić information content (AvgIpc) is 3.21. The van der Waals surface area contributed by atoms with Crippen LogP contribution in [0.3, 0.4) is 0 Å². The Balaban J connectivity index is 0.000000224. The van der Waals surface area contributed by atoms with E-state index in [1.165, 1.54) is 19.3 Å². The van der Waals surface area contributed by atoms with Gasteiger partial charge in [-0.15, -0.1) is 0 Å². The van der Waals surface area contributed by atoms with Crippen molar-refractivity contribution in [2.45, 2.75) is 70.7 Å². The lowest BCUT2D eigenvalue weighted by atomic mass is 9.89. The molecule has 1 saturated heterocycles. The number of anilines is 1. The van der Waals surface area contributed by atoms with Gasteiger partial charge in [-0.2, -0.15) is 0 Å². The van der Waals surface area contributed by atoms with Crippen LogP contribution in [0.1, 0.15) is 65.0 Å². The highest BCUT2D eigenvalue weighted by Crippen LogP contribution is 2.54. The Morgan fingerprint density at radius 3 is 2.50 bits per heavy atom. The zero-order valence-corrected chi connectivity index (χ0v) is 15.0. The average molecular weight is 335 g/mol. The molecule has 1 aromatic rings. The lowest BCUT2D eigenvalue weighted by Crippen LogP contribution is -2.31. The molecule has 24 heavy (non-hydrogen) atoms. The van der Waals surface area contributed by atoms with Crippen molar-refractivity contribution in [1.82, 2.24) is 4.98 Å². The number of aromatic nitrogens is 1. The molecule has 0 aromatic carbocycles. The van der Waals surface area contributed by atoms with Gasteiger partial charge in [0.25, 0.3) is 0 Å². The van der Waals surface area contributed by atoms with Crippen molar-refractivity contribution in [2.24, 2.45) is 11.7 Å². The molecule has 2 fully saturated rings. The number of carbonyl (C=O) groups is 1. The highest BCUT2D eigenvalue weighted by atomic mass is 16.6. The number of hydrogen-bond acceptors (Lipinski definition) is 5. The number of nitrogens with zero attached hydrogens (tertiary/aromatic N) is 1. The molecule has 0 bridgehead atoms. The van der Waals surface area contributed by atoms with Gasteiger partial charge in [0.2, 0.25) is 0 Å². The van der Waals surface area contributed by atoms with Crippen LogP contribution in [0.5, 0.6) is 0 Å². The van der Waals surface area contributed by atoms with E-state index in [-0.39, 0.29) is 11.7 Å². The molecule has 2 heterocycles. The minimum Gasteiger partial charge on any atom is -0.444 e. The number of hydrogen-bond donors (Lipinski definition) is 2. The summed E-state index contributed by atoms with van der Waals surface area (Å²) < 4.78 is 10.8. The molecule has 2 atom stereocenters. The van der Waals surface area contributed by atoms with E-state index in [9.17, 15) is 4.79 Å². The molecule has 1 aliphatic carbocycles. The van der Waals surface area contributed by atoms with E-state index >= 15 is 0 Å². The minimum absolute atomic E-state index is 0.179. The van der Waals surface area contributed by atoms with E-state index in [1.807, 2.05) is 6.07 Å². The number of rotatable bonds is 1. The fourth-order valence-electron chi connectivity index (χ4n) is 3.09. The van der Waals surface area contributed by atoms with E-state index in [0.29, 0.717) is 5.92 Å². The molecule has 1 saturated carbocycles. The van der Waals surface area contributed by atoms with Gasteiger partial charge in [-0.05, 0) is 58.4 Å². The van der Waals surface area contributed by atoms with Crippen molar-refractivity contribution in [3.05, 3.63) is 24.0 Å². The maximum absolute atomic E-state index is 10.0. The molecule has 1 aromatic heterocycles. The number of pyridine rings is 1. The van der Waals surface area contributed by atoms with Crippen molar-refractivity contribution in [2.75, 3.05) is 5.73 Å². The number of ether oxygens (including phenoxy) is 2. The molecule has 2 unspecified atom stereocenters. The van der Waals surface area contributed by atoms with Gasteiger partial charge in [0, 0.05) is 11.8 Å². The molecule has 134 valence electrons. The van der Waals surface area contributed by atoms with Crippen LogP contribution >= 0.6 is 0 Å². The Bertz CT molecular complexity index is 579. The number of amides is 1. The van der Waals surface area contributed by atoms with E-state index in [0.717, 1.165) is 17.7 Å². The predicted octanol–water partition coefficient (Wildman–Crippen LogP) is 3.56. The lowest BCUT2D eigenvalue weighted by Gasteiger charge is -2.36. The van der Waals surface area contributed by atoms with Gasteiger partial charge < -0.3 is 20.9 Å². The highest BCUT2D eigenvalue weighted by Gasteiger charge is 2.52. The largest absolute Gasteiger partial charge is 0.444 e. The van der Waals surface area contributed by atoms with E-state index in [2.05, 4.69) is 16.6 Å². The molecule has 0 radical (unpaired) electrons. The third-order valence-corrected chi connectivity index (χ3v) is 4.52. The number of carbonyl (C=O) groups excluding carboxylic acids is 1. The molecule has 2 aliphatic rings. The SMILES string of the molecule is CC(C)(C)OC(N)=O.CC1CCC(c2ccncc2N)OC12CC2. The quantitative estimate of drug-likeness (QED) is 0.817. The van der Waals surface area contributed by atoms with Crippen LogP contribution in [0, 0.1) is 5.92 Å². The van der Waals surface area contributed by atoms with Gasteiger partial charge in [-0.1, -0.05) is 6.92 Å². The highest BCUT2D eigenvalue weighted by molar-refractivity contribution is 5.65. The lowest BCUT2D eigenvalue weighted by molar-refractivity contribution is -0.0991. The van der Waals surface area contributed by atoms with Crippen LogP contribution in [0.15, 0.2) is 18.5 Å². The second-order valence-corrected chi connectivity index (χ2v) is 7.69. The van der Waals surface area contributed by atoms with Gasteiger partial charge >= 0.3 is 6.09 Å². The third kappa shape index (κ3) is 4.84. The molecule has 1 amide bonds. The van der Waals surface area contributed by atoms with Crippen molar-refractivity contribution in [3.8, 4) is 0 Å². The molecule has 6 nitrogen and oxygen atoms in total. The van der Waals surface area contributed by atoms with Crippen LogP contribution < -0.4 is 11.5 Å². The standard InChI is InChI=1S/C13H18N2O.C5H11NO2/c1-9-2-3-12(16-13(9)5-6-13)10-4-7-15-8-11(10)14;1-5(2,3)8-4(6)7/h4,7-9,12H,2-3,5-6,14H2,1H3;1-3H3,(H2,6,7). The summed E-state index contributed by atoms with van der Waals surface area (Å²) in [6.07, 6.45) is 7.73. The minimum atomic E-state index is -0.725. The smallest absolute Gasteiger partial charge is 0.405 e. The molecule has 4 N–H and O–H groups in total. The van der Waals surface area contributed by atoms with Crippen molar-refractivity contribution in [1.29, 1.82) is 0 Å². The van der Waals surface area contributed by atoms with Gasteiger partial charge in [0.1, 0.15) is 5.60 Å². The van der Waals surface area contributed by atoms with E-state index in [4.69, 9.17) is 16.2 Å². The van der Waals surface area contributed by atoms with Gasteiger partial charge in [-0.3, -0.25) is 4.98 Å². The summed E-state index contributed by atoms with van der Waals surface area (Å²) in [7, 11) is 0. The molecular weight excluding hydrogens is 306 g/mol. The molecule has 1 aliphatic heterocycles. The first-order chi connectivity index (χ1) is 11.1. The zero-order chi connectivity index (χ0) is 18.0. The first kappa shape index (κ1) is 18.5. The van der Waals surface area contributed by atoms with Gasteiger partial charge in [0.15, 0.2) is 0 Å². The molecule has 3 rings (SSSR count). The Kier molecular flexibility index (Phi) is 5.38. The molecular formula is C18H29N3O3. The summed E-state index contributed by atoms with van der Waals surface area (Å²) in [5.41, 5.74) is 12.3. The summed E-state index contributed by atoms with van der Waals surface area (Å²) >= 11 is 0. The number of nitrogens with two attached hydrogens (primary N) is 2. The van der Waals surface area contributed by atoms with Crippen LogP contribution in [-0.2, 0) is 9.47 Å². The van der Waals surface area contributed by atoms with Crippen molar-refractivity contribution in [3.63, 3.8) is 0 Å². The Morgan fingerprint density at radius 2 is 2.04 bits per heavy atom. The zero-order valence-electron chi connectivity index (χ0n) is 15.0. The fraction of sp³-hybridized carbons (Fsp3) is 0.667. The van der Waals surface area contributed by atoms with E-state index in [1.54, 1.807) is 33.2 Å². The number of nitrogen functional groups attached to an aromatic ring is 1. The number of primary amides is 1. The summed E-state index contributed by atoms with van der Waals surface area (Å²) in [4.78, 5) is 14.0. The van der Waals surface area contributed by atoms with E-state index < -0.39 is 11.7 Å². The van der Waals surface area contributed by atoms with Crippen LogP contribution in [0.4, 0.5) is 10.5 Å². The third-order valence-electron chi connectivity index (χ3n) is 4.52. The first-order valence-electron chi connectivity index (χ1n) is 8.48. The van der Waals surface area contributed by atoms with Crippen LogP contribution in [-0.4, -0.2) is 22.3 Å². The maximum Gasteiger partial charge on any atom is 0.405 e. The maximum atomic E-state index is 10.0. The Labute approximate surface area is 143 Å². The van der Waals surface area contributed by atoms with Gasteiger partial charge in [-0.25, -0.2) is 4.79 Å². The molecule has 1 spiro atoms. The first-order valence-corrected chi connectivity index (χ1v) is 8.48. The summed E-state index contributed by atoms with van der Waals surface area (Å²) in [5, 5.41) is 0. The monoisotopic (exact) mass is 335 g/mol. The summed E-state index contributed by atoms with van der Waals surface area (Å²) in [5.74, 6) is 0.701. The summed E-state index contributed by atoms with van der Waals surface area (Å²) in [6.45, 7) is 7.59. The van der Waals surface area contributed by atoms with Crippen LogP contribution in [0.2, 0.25) is 0 Å².